The number of rotatable bonds is 6. The minimum Gasteiger partial charge on any atom is -0.456 e. The van der Waals surface area contributed by atoms with Gasteiger partial charge in [-0.05, 0) is 174 Å². The molecule has 70 heavy (non-hydrogen) atoms. The van der Waals surface area contributed by atoms with E-state index in [-0.39, 0.29) is 0 Å². The van der Waals surface area contributed by atoms with Gasteiger partial charge in [0.15, 0.2) is 0 Å². The van der Waals surface area contributed by atoms with Crippen molar-refractivity contribution in [2.45, 2.75) is 0 Å². The highest BCUT2D eigenvalue weighted by Crippen LogP contribution is 2.45. The van der Waals surface area contributed by atoms with Gasteiger partial charge >= 0.3 is 0 Å². The Balaban J connectivity index is 0.850. The van der Waals surface area contributed by atoms with Crippen LogP contribution in [0.2, 0.25) is 0 Å². The van der Waals surface area contributed by atoms with Crippen LogP contribution in [0.5, 0.6) is 0 Å². The fourth-order valence-electron chi connectivity index (χ4n) is 11.2. The van der Waals surface area contributed by atoms with Crippen LogP contribution in [-0.2, 0) is 0 Å². The summed E-state index contributed by atoms with van der Waals surface area (Å²) in [5, 5.41) is 18.7. The van der Waals surface area contributed by atoms with Gasteiger partial charge in [0.05, 0.1) is 0 Å². The average Bonchev–Trinajstić information content (AvgIpc) is 3.96. The van der Waals surface area contributed by atoms with Crippen molar-refractivity contribution in [3.63, 3.8) is 0 Å². The molecular formula is C66H40N2O2. The van der Waals surface area contributed by atoms with E-state index >= 15 is 0 Å². The third kappa shape index (κ3) is 6.03. The first-order chi connectivity index (χ1) is 34.6. The van der Waals surface area contributed by atoms with E-state index in [4.69, 9.17) is 8.83 Å². The molecule has 0 N–H and O–H groups in total. The highest BCUT2D eigenvalue weighted by Gasteiger charge is 2.21. The minimum absolute atomic E-state index is 0.840. The Morgan fingerprint density at radius 1 is 0.200 bits per heavy atom. The topological polar surface area (TPSA) is 32.8 Å². The minimum atomic E-state index is 0.840. The number of hydrogen-bond acceptors (Lipinski definition) is 4. The van der Waals surface area contributed by atoms with Crippen LogP contribution in [0.1, 0.15) is 0 Å². The zero-order valence-electron chi connectivity index (χ0n) is 37.8. The molecule has 0 fully saturated rings. The van der Waals surface area contributed by atoms with Crippen LogP contribution in [0.4, 0.5) is 34.1 Å². The van der Waals surface area contributed by atoms with E-state index in [2.05, 4.69) is 252 Å². The molecule has 0 bridgehead atoms. The second-order valence-electron chi connectivity index (χ2n) is 18.5. The van der Waals surface area contributed by atoms with Gasteiger partial charge in [0.1, 0.15) is 22.3 Å². The Morgan fingerprint density at radius 2 is 0.557 bits per heavy atom. The highest BCUT2D eigenvalue weighted by atomic mass is 16.3. The SMILES string of the molecule is c1ccc(N(c2ccc3cc4c(cc3c2)oc2ccc3oc5cc6cc(N(c7ccccc7)c7ccc8ccc9ccccc9c8c7)ccc6cc5c3c24)c2ccc3ccc4ccccc4c3c2)cc1. The molecule has 15 aromatic rings. The van der Waals surface area contributed by atoms with Gasteiger partial charge in [-0.1, -0.05) is 133 Å². The summed E-state index contributed by atoms with van der Waals surface area (Å²) in [7, 11) is 0. The van der Waals surface area contributed by atoms with Crippen LogP contribution in [0, 0.1) is 0 Å². The second-order valence-corrected chi connectivity index (χ2v) is 18.5. The molecule has 0 saturated carbocycles. The van der Waals surface area contributed by atoms with Gasteiger partial charge in [-0.25, -0.2) is 0 Å². The molecule has 326 valence electrons. The molecule has 0 aliphatic heterocycles. The Bertz CT molecular complexity index is 4310. The van der Waals surface area contributed by atoms with Crippen molar-refractivity contribution in [3.8, 4) is 0 Å². The summed E-state index contributed by atoms with van der Waals surface area (Å²) in [6.45, 7) is 0. The largest absolute Gasteiger partial charge is 0.456 e. The first kappa shape index (κ1) is 38.7. The van der Waals surface area contributed by atoms with Crippen molar-refractivity contribution in [2.24, 2.45) is 0 Å². The van der Waals surface area contributed by atoms with Gasteiger partial charge in [0.25, 0.3) is 0 Å². The van der Waals surface area contributed by atoms with Crippen molar-refractivity contribution in [1.82, 2.24) is 0 Å². The van der Waals surface area contributed by atoms with Gasteiger partial charge in [-0.2, -0.15) is 0 Å². The van der Waals surface area contributed by atoms with E-state index in [1.54, 1.807) is 0 Å². The lowest BCUT2D eigenvalue weighted by Gasteiger charge is -2.26. The molecule has 2 heterocycles. The normalized spacial score (nSPS) is 12.0. The number of para-hydroxylation sites is 2. The molecule has 0 unspecified atom stereocenters. The van der Waals surface area contributed by atoms with Crippen molar-refractivity contribution < 1.29 is 8.83 Å². The number of fused-ring (bicyclic) bond motifs is 15. The van der Waals surface area contributed by atoms with Gasteiger partial charge < -0.3 is 18.6 Å². The third-order valence-corrected chi connectivity index (χ3v) is 14.5. The maximum absolute atomic E-state index is 6.75. The highest BCUT2D eigenvalue weighted by molar-refractivity contribution is 6.28. The van der Waals surface area contributed by atoms with Crippen LogP contribution in [0.15, 0.2) is 251 Å². The molecule has 2 aromatic heterocycles. The molecule has 0 saturated heterocycles. The predicted molar refractivity (Wildman–Crippen MR) is 295 cm³/mol. The van der Waals surface area contributed by atoms with Crippen LogP contribution in [0.25, 0.3) is 109 Å². The molecule has 13 aromatic carbocycles. The Kier molecular flexibility index (Phi) is 8.33. The first-order valence-electron chi connectivity index (χ1n) is 23.9. The number of anilines is 6. The summed E-state index contributed by atoms with van der Waals surface area (Å²) >= 11 is 0. The lowest BCUT2D eigenvalue weighted by molar-refractivity contribution is 0.663. The van der Waals surface area contributed by atoms with Crippen molar-refractivity contribution in [2.75, 3.05) is 9.80 Å². The zero-order chi connectivity index (χ0) is 45.9. The number of furan rings is 2. The molecule has 4 heteroatoms. The third-order valence-electron chi connectivity index (χ3n) is 14.5. The van der Waals surface area contributed by atoms with Crippen LogP contribution < -0.4 is 9.80 Å². The van der Waals surface area contributed by atoms with Gasteiger partial charge in [0, 0.05) is 55.7 Å². The lowest BCUT2D eigenvalue weighted by atomic mass is 9.99. The molecule has 0 aliphatic carbocycles. The van der Waals surface area contributed by atoms with Crippen molar-refractivity contribution >= 4 is 143 Å². The quantitative estimate of drug-likeness (QED) is 0.156. The number of nitrogens with zero attached hydrogens (tertiary/aromatic N) is 2. The fourth-order valence-corrected chi connectivity index (χ4v) is 11.2. The molecule has 0 amide bonds. The van der Waals surface area contributed by atoms with E-state index in [1.165, 1.54) is 43.1 Å². The summed E-state index contributed by atoms with van der Waals surface area (Å²) in [5.74, 6) is 0. The monoisotopic (exact) mass is 892 g/mol. The van der Waals surface area contributed by atoms with Gasteiger partial charge in [-0.3, -0.25) is 0 Å². The predicted octanol–water partition coefficient (Wildman–Crippen LogP) is 19.3. The summed E-state index contributed by atoms with van der Waals surface area (Å²) in [4.78, 5) is 4.70. The van der Waals surface area contributed by atoms with Gasteiger partial charge in [0.2, 0.25) is 0 Å². The van der Waals surface area contributed by atoms with Crippen LogP contribution >= 0.6 is 0 Å². The number of benzene rings is 13. The summed E-state index contributed by atoms with van der Waals surface area (Å²) in [6, 6.07) is 87.6. The lowest BCUT2D eigenvalue weighted by Crippen LogP contribution is -2.09. The van der Waals surface area contributed by atoms with Crippen LogP contribution in [-0.4, -0.2) is 0 Å². The Morgan fingerprint density at radius 3 is 1.00 bits per heavy atom. The summed E-state index contributed by atoms with van der Waals surface area (Å²) in [6.07, 6.45) is 0. The van der Waals surface area contributed by atoms with E-state index in [0.29, 0.717) is 0 Å². The molecule has 15 rings (SSSR count). The first-order valence-corrected chi connectivity index (χ1v) is 23.9. The summed E-state index contributed by atoms with van der Waals surface area (Å²) < 4.78 is 13.5. The zero-order valence-corrected chi connectivity index (χ0v) is 37.8. The second kappa shape index (κ2) is 15.1. The molecule has 0 spiro atoms. The molecule has 4 nitrogen and oxygen atoms in total. The maximum atomic E-state index is 6.75. The molecular weight excluding hydrogens is 853 g/mol. The van der Waals surface area contributed by atoms with E-state index in [1.807, 2.05) is 0 Å². The fraction of sp³-hybridized carbons (Fsp3) is 0. The molecule has 0 aliphatic rings. The average molecular weight is 893 g/mol. The van der Waals surface area contributed by atoms with Crippen LogP contribution in [0.3, 0.4) is 0 Å². The smallest absolute Gasteiger partial charge is 0.136 e. The van der Waals surface area contributed by atoms with Gasteiger partial charge in [-0.15, -0.1) is 0 Å². The number of hydrogen-bond donors (Lipinski definition) is 0. The standard InChI is InChI=1S/C66H40N2O2/c1-3-13-49(14-4-1)67(53-27-23-43-21-19-41-11-7-9-17-55(41)57(43)39-53)51-29-25-45-35-59-63(37-47(45)33-51)69-61-31-32-62-66(65(59)61)60-36-46-26-30-52(34-48(46)38-64(60)70-62)68(50-15-5-2-6-16-50)54-28-24-44-22-20-42-12-8-10-18-56(42)58(44)40-54/h1-40H. The Labute approximate surface area is 402 Å². The van der Waals surface area contributed by atoms with Crippen molar-refractivity contribution in [1.29, 1.82) is 0 Å². The van der Waals surface area contributed by atoms with E-state index in [9.17, 15) is 0 Å². The van der Waals surface area contributed by atoms with E-state index in [0.717, 1.165) is 99.5 Å². The molecule has 0 radical (unpaired) electrons. The van der Waals surface area contributed by atoms with E-state index < -0.39 is 0 Å². The van der Waals surface area contributed by atoms with Crippen molar-refractivity contribution in [3.05, 3.63) is 243 Å². The summed E-state index contributed by atoms with van der Waals surface area (Å²) in [5.41, 5.74) is 9.91. The Hall–Kier alpha value is -9.38. The molecule has 0 atom stereocenters. The maximum Gasteiger partial charge on any atom is 0.136 e.